The zero-order valence-electron chi connectivity index (χ0n) is 9.94. The molecular weight excluding hydrogens is 242 g/mol. The number of aromatic nitrogens is 3. The van der Waals surface area contributed by atoms with Gasteiger partial charge in [-0.2, -0.15) is 5.10 Å². The van der Waals surface area contributed by atoms with Crippen LogP contribution in [0.1, 0.15) is 30.0 Å². The molecule has 0 aliphatic heterocycles. The molecule has 0 amide bonds. The van der Waals surface area contributed by atoms with E-state index in [0.717, 1.165) is 11.1 Å². The first-order chi connectivity index (χ1) is 8.06. The van der Waals surface area contributed by atoms with Crippen LogP contribution in [-0.2, 0) is 4.74 Å². The maximum atomic E-state index is 9.79. The predicted octanol–water partition coefficient (Wildman–Crippen LogP) is 2.03. The number of hydrogen-bond acceptors (Lipinski definition) is 4. The number of aliphatic hydroxyl groups excluding tert-OH is 1. The summed E-state index contributed by atoms with van der Waals surface area (Å²) in [7, 11) is 0. The average molecular weight is 256 g/mol. The molecule has 0 fully saturated rings. The molecule has 0 spiro atoms. The molecule has 0 aliphatic carbocycles. The third kappa shape index (κ3) is 2.01. The number of ether oxygens (including phenoxy) is 1. The molecule has 1 N–H and O–H groups in total. The summed E-state index contributed by atoms with van der Waals surface area (Å²) in [5.74, 6) is 0. The van der Waals surface area contributed by atoms with Crippen LogP contribution in [0, 0.1) is 13.8 Å². The molecule has 0 radical (unpaired) electrons. The van der Waals surface area contributed by atoms with E-state index in [-0.39, 0.29) is 0 Å². The number of aryl methyl sites for hydroxylation is 1. The van der Waals surface area contributed by atoms with Crippen LogP contribution in [0.5, 0.6) is 0 Å². The zero-order valence-corrected chi connectivity index (χ0v) is 10.7. The number of aliphatic hydroxyl groups is 1. The summed E-state index contributed by atoms with van der Waals surface area (Å²) in [6.45, 7) is 6.02. The molecule has 6 heteroatoms. The van der Waals surface area contributed by atoms with Crippen molar-refractivity contribution in [3.63, 3.8) is 0 Å². The van der Waals surface area contributed by atoms with Crippen LogP contribution < -0.4 is 0 Å². The minimum atomic E-state index is -1.04. The lowest BCUT2D eigenvalue weighted by atomic mass is 10.2. The van der Waals surface area contributed by atoms with Gasteiger partial charge in [0.15, 0.2) is 17.1 Å². The molecule has 92 valence electrons. The van der Waals surface area contributed by atoms with E-state index < -0.39 is 6.29 Å². The SMILES string of the molecule is CCOC(O)c1cnc2c(C)c(C)c(Cl)nn12. The monoisotopic (exact) mass is 255 g/mol. The fourth-order valence-corrected chi connectivity index (χ4v) is 1.83. The van der Waals surface area contributed by atoms with Crippen molar-refractivity contribution < 1.29 is 9.84 Å². The number of halogens is 1. The summed E-state index contributed by atoms with van der Waals surface area (Å²) >= 11 is 6.02. The topological polar surface area (TPSA) is 59.7 Å². The van der Waals surface area contributed by atoms with Gasteiger partial charge in [-0.05, 0) is 31.9 Å². The van der Waals surface area contributed by atoms with Gasteiger partial charge >= 0.3 is 0 Å². The molecule has 2 rings (SSSR count). The van der Waals surface area contributed by atoms with Gasteiger partial charge in [0.05, 0.1) is 6.20 Å². The molecule has 0 bridgehead atoms. The van der Waals surface area contributed by atoms with Crippen molar-refractivity contribution in [3.8, 4) is 0 Å². The summed E-state index contributed by atoms with van der Waals surface area (Å²) in [6, 6.07) is 0. The summed E-state index contributed by atoms with van der Waals surface area (Å²) in [5.41, 5.74) is 3.00. The Morgan fingerprint density at radius 1 is 1.47 bits per heavy atom. The molecule has 17 heavy (non-hydrogen) atoms. The smallest absolute Gasteiger partial charge is 0.200 e. The second kappa shape index (κ2) is 4.60. The van der Waals surface area contributed by atoms with Crippen molar-refractivity contribution in [2.75, 3.05) is 6.61 Å². The maximum absolute atomic E-state index is 9.79. The molecule has 5 nitrogen and oxygen atoms in total. The lowest BCUT2D eigenvalue weighted by Crippen LogP contribution is -2.09. The van der Waals surface area contributed by atoms with Crippen molar-refractivity contribution in [2.24, 2.45) is 0 Å². The Balaban J connectivity index is 2.61. The third-order valence-corrected chi connectivity index (χ3v) is 3.10. The second-order valence-corrected chi connectivity index (χ2v) is 4.12. The molecule has 2 aromatic heterocycles. The van der Waals surface area contributed by atoms with Gasteiger partial charge in [0.25, 0.3) is 0 Å². The van der Waals surface area contributed by atoms with E-state index in [1.54, 1.807) is 6.20 Å². The highest BCUT2D eigenvalue weighted by molar-refractivity contribution is 6.30. The molecule has 2 aromatic rings. The number of fused-ring (bicyclic) bond motifs is 1. The first-order valence-electron chi connectivity index (χ1n) is 5.36. The maximum Gasteiger partial charge on any atom is 0.200 e. The van der Waals surface area contributed by atoms with Crippen molar-refractivity contribution in [3.05, 3.63) is 28.2 Å². The molecule has 0 aliphatic rings. The van der Waals surface area contributed by atoms with Crippen molar-refractivity contribution >= 4 is 17.2 Å². The van der Waals surface area contributed by atoms with Crippen LogP contribution in [0.15, 0.2) is 6.20 Å². The molecule has 2 heterocycles. The second-order valence-electron chi connectivity index (χ2n) is 3.77. The highest BCUT2D eigenvalue weighted by Crippen LogP contribution is 2.23. The molecule has 1 unspecified atom stereocenters. The van der Waals surface area contributed by atoms with Gasteiger partial charge in [0.1, 0.15) is 5.69 Å². The number of imidazole rings is 1. The molecule has 0 aromatic carbocycles. The molecule has 0 saturated heterocycles. The van der Waals surface area contributed by atoms with E-state index in [1.165, 1.54) is 4.52 Å². The Kier molecular flexibility index (Phi) is 3.33. The van der Waals surface area contributed by atoms with Gasteiger partial charge < -0.3 is 9.84 Å². The van der Waals surface area contributed by atoms with E-state index in [4.69, 9.17) is 16.3 Å². The van der Waals surface area contributed by atoms with Crippen LogP contribution in [0.2, 0.25) is 5.15 Å². The van der Waals surface area contributed by atoms with Gasteiger partial charge in [-0.3, -0.25) is 0 Å². The molecular formula is C11H14ClN3O2. The van der Waals surface area contributed by atoms with E-state index in [1.807, 2.05) is 20.8 Å². The van der Waals surface area contributed by atoms with E-state index in [0.29, 0.717) is 23.1 Å². The van der Waals surface area contributed by atoms with Crippen LogP contribution >= 0.6 is 11.6 Å². The quantitative estimate of drug-likeness (QED) is 0.853. The lowest BCUT2D eigenvalue weighted by molar-refractivity contribution is -0.102. The lowest BCUT2D eigenvalue weighted by Gasteiger charge is -2.10. The fraction of sp³-hybridized carbons (Fsp3) is 0.455. The first kappa shape index (κ1) is 12.3. The highest BCUT2D eigenvalue weighted by Gasteiger charge is 2.17. The minimum absolute atomic E-state index is 0.401. The van der Waals surface area contributed by atoms with Crippen LogP contribution in [0.25, 0.3) is 5.65 Å². The fourth-order valence-electron chi connectivity index (χ4n) is 1.62. The van der Waals surface area contributed by atoms with Crippen LogP contribution in [0.3, 0.4) is 0 Å². The third-order valence-electron chi connectivity index (χ3n) is 2.74. The summed E-state index contributed by atoms with van der Waals surface area (Å²) in [5, 5.41) is 14.4. The van der Waals surface area contributed by atoms with E-state index in [2.05, 4.69) is 10.1 Å². The van der Waals surface area contributed by atoms with Crippen molar-refractivity contribution in [2.45, 2.75) is 27.1 Å². The number of hydrogen-bond donors (Lipinski definition) is 1. The standard InChI is InChI=1S/C11H14ClN3O2/c1-4-17-11(16)8-5-13-10-7(3)6(2)9(12)14-15(8)10/h5,11,16H,4H2,1-3H3. The Bertz CT molecular complexity index is 553. The van der Waals surface area contributed by atoms with Crippen molar-refractivity contribution in [1.82, 2.24) is 14.6 Å². The Morgan fingerprint density at radius 2 is 2.18 bits per heavy atom. The van der Waals surface area contributed by atoms with E-state index >= 15 is 0 Å². The first-order valence-corrected chi connectivity index (χ1v) is 5.74. The van der Waals surface area contributed by atoms with Gasteiger partial charge in [0, 0.05) is 6.61 Å². The van der Waals surface area contributed by atoms with E-state index in [9.17, 15) is 5.11 Å². The zero-order chi connectivity index (χ0) is 12.6. The number of nitrogens with zero attached hydrogens (tertiary/aromatic N) is 3. The number of rotatable bonds is 3. The van der Waals surface area contributed by atoms with Crippen LogP contribution in [0.4, 0.5) is 0 Å². The molecule has 1 atom stereocenters. The van der Waals surface area contributed by atoms with Gasteiger partial charge in [-0.15, -0.1) is 0 Å². The Labute approximate surface area is 104 Å². The summed E-state index contributed by atoms with van der Waals surface area (Å²) in [6.07, 6.45) is 0.506. The van der Waals surface area contributed by atoms with Crippen molar-refractivity contribution in [1.29, 1.82) is 0 Å². The minimum Gasteiger partial charge on any atom is -0.363 e. The Morgan fingerprint density at radius 3 is 2.82 bits per heavy atom. The van der Waals surface area contributed by atoms with Gasteiger partial charge in [-0.1, -0.05) is 11.6 Å². The normalized spacial score (nSPS) is 13.2. The van der Waals surface area contributed by atoms with Gasteiger partial charge in [0.2, 0.25) is 0 Å². The van der Waals surface area contributed by atoms with Crippen LogP contribution in [-0.4, -0.2) is 26.3 Å². The average Bonchev–Trinajstić information content (AvgIpc) is 2.70. The summed E-state index contributed by atoms with van der Waals surface area (Å²) in [4.78, 5) is 4.23. The largest absolute Gasteiger partial charge is 0.363 e. The van der Waals surface area contributed by atoms with Gasteiger partial charge in [-0.25, -0.2) is 9.50 Å². The molecule has 0 saturated carbocycles. The highest BCUT2D eigenvalue weighted by atomic mass is 35.5. The summed E-state index contributed by atoms with van der Waals surface area (Å²) < 4.78 is 6.63. The predicted molar refractivity (Wildman–Crippen MR) is 64.1 cm³/mol. The Hall–Kier alpha value is -1.17.